The summed E-state index contributed by atoms with van der Waals surface area (Å²) >= 11 is 3.42. The first kappa shape index (κ1) is 15.9. The Balaban J connectivity index is 2.40. The van der Waals surface area contributed by atoms with E-state index in [9.17, 15) is 4.39 Å². The van der Waals surface area contributed by atoms with Crippen molar-refractivity contribution in [1.29, 1.82) is 0 Å². The van der Waals surface area contributed by atoms with Crippen LogP contribution in [0.25, 0.3) is 0 Å². The molecule has 0 radical (unpaired) electrons. The van der Waals surface area contributed by atoms with Crippen LogP contribution in [0.3, 0.4) is 0 Å². The molecule has 2 atom stereocenters. The second-order valence-corrected chi connectivity index (χ2v) is 6.59. The second-order valence-electron chi connectivity index (χ2n) is 5.67. The number of nitrogens with two attached hydrogens (primary N) is 1. The molecular formula is C15H23BrFN3. The van der Waals surface area contributed by atoms with Gasteiger partial charge >= 0.3 is 0 Å². The molecule has 1 aromatic rings. The Morgan fingerprint density at radius 1 is 1.45 bits per heavy atom. The van der Waals surface area contributed by atoms with Crippen LogP contribution in [0, 0.1) is 5.82 Å². The molecule has 1 heterocycles. The van der Waals surface area contributed by atoms with Gasteiger partial charge in [0.1, 0.15) is 5.82 Å². The number of benzene rings is 1. The van der Waals surface area contributed by atoms with Crippen LogP contribution in [0.2, 0.25) is 0 Å². The smallest absolute Gasteiger partial charge is 0.128 e. The first-order valence-electron chi connectivity index (χ1n) is 7.19. The van der Waals surface area contributed by atoms with Gasteiger partial charge in [0, 0.05) is 15.6 Å². The minimum Gasteiger partial charge on any atom is -0.296 e. The molecule has 20 heavy (non-hydrogen) atoms. The molecule has 0 aliphatic carbocycles. The molecule has 0 aromatic heterocycles. The van der Waals surface area contributed by atoms with Gasteiger partial charge in [0.2, 0.25) is 0 Å². The molecule has 2 unspecified atom stereocenters. The predicted octanol–water partition coefficient (Wildman–Crippen LogP) is 3.36. The van der Waals surface area contributed by atoms with Crippen molar-refractivity contribution in [3.05, 3.63) is 34.1 Å². The maximum atomic E-state index is 14.2. The van der Waals surface area contributed by atoms with Crippen LogP contribution in [0.15, 0.2) is 22.7 Å². The van der Waals surface area contributed by atoms with Gasteiger partial charge in [-0.3, -0.25) is 16.2 Å². The summed E-state index contributed by atoms with van der Waals surface area (Å²) in [5.74, 6) is 5.58. The normalized spacial score (nSPS) is 20.9. The van der Waals surface area contributed by atoms with Gasteiger partial charge < -0.3 is 0 Å². The van der Waals surface area contributed by atoms with Gasteiger partial charge in [0.05, 0.1) is 6.04 Å². The molecule has 1 fully saturated rings. The summed E-state index contributed by atoms with van der Waals surface area (Å²) in [5.41, 5.74) is 3.29. The van der Waals surface area contributed by atoms with Crippen molar-refractivity contribution in [1.82, 2.24) is 10.3 Å². The first-order valence-corrected chi connectivity index (χ1v) is 7.98. The van der Waals surface area contributed by atoms with E-state index in [1.165, 1.54) is 18.9 Å². The van der Waals surface area contributed by atoms with Crippen molar-refractivity contribution >= 4 is 15.9 Å². The number of hydrogen-bond acceptors (Lipinski definition) is 3. The fourth-order valence-electron chi connectivity index (χ4n) is 3.18. The molecule has 0 amide bonds. The summed E-state index contributed by atoms with van der Waals surface area (Å²) in [6, 6.07) is 4.79. The van der Waals surface area contributed by atoms with E-state index in [1.807, 2.05) is 6.07 Å². The van der Waals surface area contributed by atoms with Crippen LogP contribution in [-0.2, 0) is 0 Å². The van der Waals surface area contributed by atoms with Crippen molar-refractivity contribution in [3.63, 3.8) is 0 Å². The van der Waals surface area contributed by atoms with Gasteiger partial charge in [0.15, 0.2) is 0 Å². The highest BCUT2D eigenvalue weighted by Gasteiger charge is 2.40. The van der Waals surface area contributed by atoms with E-state index in [1.54, 1.807) is 6.07 Å². The second kappa shape index (κ2) is 6.52. The fourth-order valence-corrected chi connectivity index (χ4v) is 3.56. The standard InChI is InChI=1S/C15H23BrFN3/c1-3-15(2,20-8-4-5-9-20)14(19-18)12-10-11(16)6-7-13(12)17/h6-7,10,14,19H,3-5,8-9,18H2,1-2H3. The predicted molar refractivity (Wildman–Crippen MR) is 83.7 cm³/mol. The third-order valence-corrected chi connectivity index (χ3v) is 5.10. The van der Waals surface area contributed by atoms with Gasteiger partial charge in [-0.2, -0.15) is 0 Å². The number of rotatable bonds is 5. The van der Waals surface area contributed by atoms with Crippen molar-refractivity contribution in [3.8, 4) is 0 Å². The molecular weight excluding hydrogens is 321 g/mol. The Morgan fingerprint density at radius 3 is 2.65 bits per heavy atom. The molecule has 0 spiro atoms. The summed E-state index contributed by atoms with van der Waals surface area (Å²) in [4.78, 5) is 2.43. The van der Waals surface area contributed by atoms with Gasteiger partial charge in [-0.25, -0.2) is 4.39 Å². The number of likely N-dealkylation sites (tertiary alicyclic amines) is 1. The number of hydrazine groups is 1. The fraction of sp³-hybridized carbons (Fsp3) is 0.600. The Labute approximate surface area is 128 Å². The molecule has 3 nitrogen and oxygen atoms in total. The zero-order chi connectivity index (χ0) is 14.8. The number of hydrogen-bond donors (Lipinski definition) is 2. The highest BCUT2D eigenvalue weighted by Crippen LogP contribution is 2.37. The molecule has 1 aliphatic heterocycles. The summed E-state index contributed by atoms with van der Waals surface area (Å²) < 4.78 is 15.1. The van der Waals surface area contributed by atoms with Crippen LogP contribution in [0.1, 0.15) is 44.7 Å². The average molecular weight is 344 g/mol. The van der Waals surface area contributed by atoms with E-state index in [4.69, 9.17) is 5.84 Å². The van der Waals surface area contributed by atoms with E-state index in [2.05, 4.69) is 40.1 Å². The van der Waals surface area contributed by atoms with Crippen LogP contribution < -0.4 is 11.3 Å². The minimum atomic E-state index is -0.233. The monoisotopic (exact) mass is 343 g/mol. The maximum absolute atomic E-state index is 14.2. The van der Waals surface area contributed by atoms with E-state index in [0.717, 1.165) is 24.0 Å². The minimum absolute atomic E-state index is 0.188. The maximum Gasteiger partial charge on any atom is 0.128 e. The molecule has 0 bridgehead atoms. The molecule has 112 valence electrons. The summed E-state index contributed by atoms with van der Waals surface area (Å²) in [6.45, 7) is 6.41. The van der Waals surface area contributed by atoms with Crippen molar-refractivity contribution in [2.45, 2.75) is 44.7 Å². The molecule has 1 saturated heterocycles. The molecule has 3 N–H and O–H groups in total. The topological polar surface area (TPSA) is 41.3 Å². The summed E-state index contributed by atoms with van der Waals surface area (Å²) in [6.07, 6.45) is 3.31. The quantitative estimate of drug-likeness (QED) is 0.636. The summed E-state index contributed by atoms with van der Waals surface area (Å²) in [7, 11) is 0. The van der Waals surface area contributed by atoms with Crippen molar-refractivity contribution in [2.24, 2.45) is 5.84 Å². The SMILES string of the molecule is CCC(C)(C(NN)c1cc(Br)ccc1F)N1CCCC1. The number of nitrogens with one attached hydrogen (secondary N) is 1. The van der Waals surface area contributed by atoms with Crippen LogP contribution in [0.5, 0.6) is 0 Å². The molecule has 5 heteroatoms. The van der Waals surface area contributed by atoms with Crippen molar-refractivity contribution in [2.75, 3.05) is 13.1 Å². The average Bonchev–Trinajstić information content (AvgIpc) is 2.97. The van der Waals surface area contributed by atoms with Gasteiger partial charge in [0.25, 0.3) is 0 Å². The first-order chi connectivity index (χ1) is 9.52. The van der Waals surface area contributed by atoms with Crippen LogP contribution >= 0.6 is 15.9 Å². The Hall–Kier alpha value is -0.490. The molecule has 1 aromatic carbocycles. The lowest BCUT2D eigenvalue weighted by Crippen LogP contribution is -2.55. The van der Waals surface area contributed by atoms with Crippen molar-refractivity contribution < 1.29 is 4.39 Å². The van der Waals surface area contributed by atoms with E-state index >= 15 is 0 Å². The Kier molecular flexibility index (Phi) is 5.18. The van der Waals surface area contributed by atoms with Gasteiger partial charge in [-0.05, 0) is 57.5 Å². The zero-order valence-corrected chi connectivity index (χ0v) is 13.7. The lowest BCUT2D eigenvalue weighted by molar-refractivity contribution is 0.0824. The molecule has 1 aliphatic rings. The highest BCUT2D eigenvalue weighted by atomic mass is 79.9. The van der Waals surface area contributed by atoms with E-state index in [0.29, 0.717) is 5.56 Å². The summed E-state index contributed by atoms with van der Waals surface area (Å²) in [5, 5.41) is 0. The Bertz CT molecular complexity index is 462. The van der Waals surface area contributed by atoms with Gasteiger partial charge in [-0.15, -0.1) is 0 Å². The highest BCUT2D eigenvalue weighted by molar-refractivity contribution is 9.10. The number of nitrogens with zero attached hydrogens (tertiary/aromatic N) is 1. The zero-order valence-electron chi connectivity index (χ0n) is 12.1. The third-order valence-electron chi connectivity index (χ3n) is 4.60. The van der Waals surface area contributed by atoms with Crippen LogP contribution in [-0.4, -0.2) is 23.5 Å². The molecule has 0 saturated carbocycles. The van der Waals surface area contributed by atoms with Gasteiger partial charge in [-0.1, -0.05) is 22.9 Å². The number of halogens is 2. The lowest BCUT2D eigenvalue weighted by Gasteiger charge is -2.44. The molecule has 2 rings (SSSR count). The van der Waals surface area contributed by atoms with E-state index < -0.39 is 0 Å². The Morgan fingerprint density at radius 2 is 2.10 bits per heavy atom. The third kappa shape index (κ3) is 2.91. The largest absolute Gasteiger partial charge is 0.296 e. The van der Waals surface area contributed by atoms with Crippen LogP contribution in [0.4, 0.5) is 4.39 Å². The van der Waals surface area contributed by atoms with E-state index in [-0.39, 0.29) is 17.4 Å². The lowest BCUT2D eigenvalue weighted by atomic mass is 9.83.